The van der Waals surface area contributed by atoms with Gasteiger partial charge in [0.1, 0.15) is 5.52 Å². The van der Waals surface area contributed by atoms with Crippen LogP contribution in [0.4, 0.5) is 0 Å². The average Bonchev–Trinajstić information content (AvgIpc) is 2.89. The number of aryl methyl sites for hydroxylation is 1. The Kier molecular flexibility index (Phi) is 2.99. The van der Waals surface area contributed by atoms with Crippen molar-refractivity contribution in [3.63, 3.8) is 0 Å². The molecule has 0 radical (unpaired) electrons. The van der Waals surface area contributed by atoms with Crippen LogP contribution in [0.25, 0.3) is 22.6 Å². The first-order valence-corrected chi connectivity index (χ1v) is 6.23. The zero-order valence-corrected chi connectivity index (χ0v) is 11.2. The third kappa shape index (κ3) is 2.16. The molecule has 0 spiro atoms. The molecule has 0 aliphatic heterocycles. The molecule has 0 aliphatic carbocycles. The summed E-state index contributed by atoms with van der Waals surface area (Å²) in [6, 6.07) is 13.0. The minimum absolute atomic E-state index is 0.382. The fourth-order valence-corrected chi connectivity index (χ4v) is 2.07. The number of benzene rings is 2. The van der Waals surface area contributed by atoms with E-state index in [-0.39, 0.29) is 5.97 Å². The van der Waals surface area contributed by atoms with Gasteiger partial charge in [0.2, 0.25) is 5.89 Å². The van der Waals surface area contributed by atoms with Crippen molar-refractivity contribution in [1.29, 1.82) is 0 Å². The number of oxazole rings is 1. The van der Waals surface area contributed by atoms with Gasteiger partial charge in [-0.15, -0.1) is 0 Å². The van der Waals surface area contributed by atoms with Crippen molar-refractivity contribution in [2.24, 2.45) is 0 Å². The quantitative estimate of drug-likeness (QED) is 0.666. The van der Waals surface area contributed by atoms with Gasteiger partial charge in [0.05, 0.1) is 12.7 Å². The van der Waals surface area contributed by atoms with E-state index in [1.165, 1.54) is 7.11 Å². The van der Waals surface area contributed by atoms with Crippen LogP contribution < -0.4 is 0 Å². The molecule has 0 saturated carbocycles. The lowest BCUT2D eigenvalue weighted by molar-refractivity contribution is 0.0601. The fraction of sp³-hybridized carbons (Fsp3) is 0.125. The minimum atomic E-state index is -0.382. The third-order valence-electron chi connectivity index (χ3n) is 3.07. The van der Waals surface area contributed by atoms with Gasteiger partial charge in [-0.05, 0) is 37.3 Å². The number of ether oxygens (including phenoxy) is 1. The molecule has 0 saturated heterocycles. The van der Waals surface area contributed by atoms with Gasteiger partial charge in [-0.1, -0.05) is 17.7 Å². The monoisotopic (exact) mass is 267 g/mol. The highest BCUT2D eigenvalue weighted by molar-refractivity contribution is 5.93. The second-order valence-corrected chi connectivity index (χ2v) is 4.56. The number of hydrogen-bond donors (Lipinski definition) is 0. The highest BCUT2D eigenvalue weighted by Gasteiger charge is 2.11. The van der Waals surface area contributed by atoms with Crippen LogP contribution in [0.15, 0.2) is 46.9 Å². The average molecular weight is 267 g/mol. The molecule has 3 aromatic rings. The Morgan fingerprint density at radius 3 is 2.80 bits per heavy atom. The Balaban J connectivity index is 2.09. The second kappa shape index (κ2) is 4.81. The molecule has 20 heavy (non-hydrogen) atoms. The van der Waals surface area contributed by atoms with Gasteiger partial charge in [0.25, 0.3) is 0 Å². The summed E-state index contributed by atoms with van der Waals surface area (Å²) in [5, 5.41) is 0. The fourth-order valence-electron chi connectivity index (χ4n) is 2.07. The molecule has 0 N–H and O–H groups in total. The first kappa shape index (κ1) is 12.4. The SMILES string of the molecule is COC(=O)c1ccc2oc(-c3cccc(C)c3)nc2c1. The van der Waals surface area contributed by atoms with E-state index in [0.717, 1.165) is 11.1 Å². The van der Waals surface area contributed by atoms with E-state index >= 15 is 0 Å². The van der Waals surface area contributed by atoms with Crippen LogP contribution in [-0.4, -0.2) is 18.1 Å². The molecule has 1 heterocycles. The molecule has 0 unspecified atom stereocenters. The maximum absolute atomic E-state index is 11.5. The number of esters is 1. The first-order chi connectivity index (χ1) is 9.67. The molecule has 4 nitrogen and oxygen atoms in total. The molecule has 0 fully saturated rings. The summed E-state index contributed by atoms with van der Waals surface area (Å²) < 4.78 is 10.4. The molecular weight excluding hydrogens is 254 g/mol. The van der Waals surface area contributed by atoms with Crippen molar-refractivity contribution in [1.82, 2.24) is 4.98 Å². The van der Waals surface area contributed by atoms with E-state index in [9.17, 15) is 4.79 Å². The van der Waals surface area contributed by atoms with Crippen molar-refractivity contribution in [2.75, 3.05) is 7.11 Å². The molecule has 0 bridgehead atoms. The summed E-state index contributed by atoms with van der Waals surface area (Å²) in [6.45, 7) is 2.02. The van der Waals surface area contributed by atoms with Gasteiger partial charge in [-0.2, -0.15) is 0 Å². The molecule has 1 aromatic heterocycles. The molecule has 3 rings (SSSR count). The molecule has 4 heteroatoms. The summed E-state index contributed by atoms with van der Waals surface area (Å²) >= 11 is 0. The smallest absolute Gasteiger partial charge is 0.337 e. The van der Waals surface area contributed by atoms with E-state index in [0.29, 0.717) is 22.6 Å². The molecule has 100 valence electrons. The van der Waals surface area contributed by atoms with E-state index in [1.807, 2.05) is 31.2 Å². The van der Waals surface area contributed by atoms with Gasteiger partial charge in [-0.25, -0.2) is 9.78 Å². The Morgan fingerprint density at radius 1 is 1.20 bits per heavy atom. The van der Waals surface area contributed by atoms with Crippen LogP contribution in [0.5, 0.6) is 0 Å². The molecule has 0 aliphatic rings. The Bertz CT molecular complexity index is 789. The lowest BCUT2D eigenvalue weighted by atomic mass is 10.1. The number of carbonyl (C=O) groups excluding carboxylic acids is 1. The van der Waals surface area contributed by atoms with E-state index in [1.54, 1.807) is 18.2 Å². The summed E-state index contributed by atoms with van der Waals surface area (Å²) in [4.78, 5) is 15.9. The Morgan fingerprint density at radius 2 is 2.05 bits per heavy atom. The number of rotatable bonds is 2. The van der Waals surface area contributed by atoms with Crippen molar-refractivity contribution >= 4 is 17.1 Å². The van der Waals surface area contributed by atoms with Crippen molar-refractivity contribution < 1.29 is 13.9 Å². The third-order valence-corrected chi connectivity index (χ3v) is 3.07. The number of carbonyl (C=O) groups is 1. The highest BCUT2D eigenvalue weighted by atomic mass is 16.5. The summed E-state index contributed by atoms with van der Waals surface area (Å²) in [7, 11) is 1.35. The first-order valence-electron chi connectivity index (χ1n) is 6.23. The largest absolute Gasteiger partial charge is 0.465 e. The number of fused-ring (bicyclic) bond motifs is 1. The van der Waals surface area contributed by atoms with Crippen LogP contribution in [0.1, 0.15) is 15.9 Å². The molecular formula is C16H13NO3. The number of hydrogen-bond acceptors (Lipinski definition) is 4. The number of nitrogens with zero attached hydrogens (tertiary/aromatic N) is 1. The number of methoxy groups -OCH3 is 1. The molecule has 2 aromatic carbocycles. The zero-order valence-electron chi connectivity index (χ0n) is 11.2. The van der Waals surface area contributed by atoms with Crippen LogP contribution >= 0.6 is 0 Å². The van der Waals surface area contributed by atoms with Gasteiger partial charge in [0.15, 0.2) is 5.58 Å². The van der Waals surface area contributed by atoms with Crippen LogP contribution in [0, 0.1) is 6.92 Å². The predicted octanol–water partition coefficient (Wildman–Crippen LogP) is 3.59. The summed E-state index contributed by atoms with van der Waals surface area (Å²) in [5.74, 6) is 0.165. The normalized spacial score (nSPS) is 10.7. The lowest BCUT2D eigenvalue weighted by Gasteiger charge is -1.96. The topological polar surface area (TPSA) is 52.3 Å². The van der Waals surface area contributed by atoms with Gasteiger partial charge >= 0.3 is 5.97 Å². The summed E-state index contributed by atoms with van der Waals surface area (Å²) in [6.07, 6.45) is 0. The van der Waals surface area contributed by atoms with Gasteiger partial charge in [-0.3, -0.25) is 0 Å². The molecule has 0 amide bonds. The van der Waals surface area contributed by atoms with Crippen LogP contribution in [-0.2, 0) is 4.74 Å². The standard InChI is InChI=1S/C16H13NO3/c1-10-4-3-5-11(8-10)15-17-13-9-12(16(18)19-2)6-7-14(13)20-15/h3-9H,1-2H3. The maximum Gasteiger partial charge on any atom is 0.337 e. The molecule has 0 atom stereocenters. The minimum Gasteiger partial charge on any atom is -0.465 e. The van der Waals surface area contributed by atoms with E-state index in [4.69, 9.17) is 9.15 Å². The van der Waals surface area contributed by atoms with Gasteiger partial charge in [0, 0.05) is 5.56 Å². The maximum atomic E-state index is 11.5. The zero-order chi connectivity index (χ0) is 14.1. The Labute approximate surface area is 116 Å². The predicted molar refractivity (Wildman–Crippen MR) is 75.5 cm³/mol. The number of aromatic nitrogens is 1. The summed E-state index contributed by atoms with van der Waals surface area (Å²) in [5.41, 5.74) is 3.81. The van der Waals surface area contributed by atoms with E-state index in [2.05, 4.69) is 4.98 Å². The second-order valence-electron chi connectivity index (χ2n) is 4.56. The Hall–Kier alpha value is -2.62. The van der Waals surface area contributed by atoms with Crippen molar-refractivity contribution in [2.45, 2.75) is 6.92 Å². The van der Waals surface area contributed by atoms with Crippen LogP contribution in [0.3, 0.4) is 0 Å². The van der Waals surface area contributed by atoms with Crippen molar-refractivity contribution in [3.05, 3.63) is 53.6 Å². The van der Waals surface area contributed by atoms with E-state index < -0.39 is 0 Å². The van der Waals surface area contributed by atoms with Crippen molar-refractivity contribution in [3.8, 4) is 11.5 Å². The van der Waals surface area contributed by atoms with Crippen LogP contribution in [0.2, 0.25) is 0 Å². The lowest BCUT2D eigenvalue weighted by Crippen LogP contribution is -2.00. The highest BCUT2D eigenvalue weighted by Crippen LogP contribution is 2.25. The van der Waals surface area contributed by atoms with Gasteiger partial charge < -0.3 is 9.15 Å².